The number of nitrogens with zero attached hydrogens (tertiary/aromatic N) is 5. The van der Waals surface area contributed by atoms with E-state index in [2.05, 4.69) is 51.1 Å². The molecule has 0 atom stereocenters. The third-order valence-electron chi connectivity index (χ3n) is 5.97. The summed E-state index contributed by atoms with van der Waals surface area (Å²) in [6, 6.07) is 16.6. The van der Waals surface area contributed by atoms with Gasteiger partial charge in [-0.05, 0) is 37.1 Å². The van der Waals surface area contributed by atoms with Crippen molar-refractivity contribution in [3.8, 4) is 5.75 Å². The van der Waals surface area contributed by atoms with Gasteiger partial charge in [0.15, 0.2) is 0 Å². The zero-order chi connectivity index (χ0) is 19.6. The van der Waals surface area contributed by atoms with E-state index in [1.807, 2.05) is 12.1 Å². The number of aromatic nitrogens is 2. The van der Waals surface area contributed by atoms with Crippen molar-refractivity contribution in [3.63, 3.8) is 0 Å². The molecule has 0 aliphatic carbocycles. The van der Waals surface area contributed by atoms with E-state index in [4.69, 9.17) is 14.7 Å². The lowest BCUT2D eigenvalue weighted by Crippen LogP contribution is -2.47. The van der Waals surface area contributed by atoms with Crippen molar-refractivity contribution in [3.05, 3.63) is 48.5 Å². The van der Waals surface area contributed by atoms with Crippen LogP contribution in [0.1, 0.15) is 12.8 Å². The van der Waals surface area contributed by atoms with Crippen LogP contribution < -0.4 is 19.4 Å². The summed E-state index contributed by atoms with van der Waals surface area (Å²) in [4.78, 5) is 17.1. The fourth-order valence-electron chi connectivity index (χ4n) is 4.40. The summed E-state index contributed by atoms with van der Waals surface area (Å²) in [5.41, 5.74) is 2.19. The van der Waals surface area contributed by atoms with Gasteiger partial charge < -0.3 is 19.4 Å². The highest BCUT2D eigenvalue weighted by Gasteiger charge is 2.24. The van der Waals surface area contributed by atoms with E-state index < -0.39 is 0 Å². The molecule has 2 saturated heterocycles. The number of hydrogen-bond donors (Lipinski definition) is 0. The van der Waals surface area contributed by atoms with Crippen LogP contribution in [0, 0.1) is 0 Å². The fourth-order valence-corrected chi connectivity index (χ4v) is 4.40. The molecule has 2 aliphatic rings. The van der Waals surface area contributed by atoms with E-state index in [0.29, 0.717) is 0 Å². The molecular weight excluding hydrogens is 362 g/mol. The SMILES string of the molecule is COc1ccccc1N1CCN(c2nc(N3CCCC3)c3ccccc3n2)CC1. The highest BCUT2D eigenvalue weighted by atomic mass is 16.5. The molecule has 0 radical (unpaired) electrons. The normalized spacial score (nSPS) is 17.2. The quantitative estimate of drug-likeness (QED) is 0.680. The fraction of sp³-hybridized carbons (Fsp3) is 0.391. The van der Waals surface area contributed by atoms with Crippen molar-refractivity contribution >= 4 is 28.4 Å². The van der Waals surface area contributed by atoms with E-state index in [9.17, 15) is 0 Å². The van der Waals surface area contributed by atoms with Gasteiger partial charge in [-0.1, -0.05) is 24.3 Å². The van der Waals surface area contributed by atoms with Crippen molar-refractivity contribution < 1.29 is 4.74 Å². The smallest absolute Gasteiger partial charge is 0.228 e. The number of para-hydroxylation sites is 3. The average Bonchev–Trinajstić information content (AvgIpc) is 3.33. The molecule has 29 heavy (non-hydrogen) atoms. The number of fused-ring (bicyclic) bond motifs is 1. The van der Waals surface area contributed by atoms with Crippen molar-refractivity contribution in [1.82, 2.24) is 9.97 Å². The highest BCUT2D eigenvalue weighted by Crippen LogP contribution is 2.31. The predicted molar refractivity (Wildman–Crippen MR) is 118 cm³/mol. The van der Waals surface area contributed by atoms with Crippen LogP contribution in [0.15, 0.2) is 48.5 Å². The minimum Gasteiger partial charge on any atom is -0.495 e. The van der Waals surface area contributed by atoms with Gasteiger partial charge in [0.05, 0.1) is 18.3 Å². The summed E-state index contributed by atoms with van der Waals surface area (Å²) in [5, 5.41) is 1.16. The summed E-state index contributed by atoms with van der Waals surface area (Å²) in [6.07, 6.45) is 2.48. The zero-order valence-electron chi connectivity index (χ0n) is 16.9. The maximum atomic E-state index is 5.55. The second kappa shape index (κ2) is 7.78. The van der Waals surface area contributed by atoms with Crippen molar-refractivity contribution in [2.45, 2.75) is 12.8 Å². The summed E-state index contributed by atoms with van der Waals surface area (Å²) >= 11 is 0. The van der Waals surface area contributed by atoms with Gasteiger partial charge in [0, 0.05) is 44.7 Å². The number of anilines is 3. The number of benzene rings is 2. The number of ether oxygens (including phenoxy) is 1. The lowest BCUT2D eigenvalue weighted by molar-refractivity contribution is 0.413. The lowest BCUT2D eigenvalue weighted by Gasteiger charge is -2.37. The minimum atomic E-state index is 0.852. The first-order valence-corrected chi connectivity index (χ1v) is 10.5. The Hall–Kier alpha value is -3.02. The maximum Gasteiger partial charge on any atom is 0.228 e. The molecule has 0 unspecified atom stereocenters. The van der Waals surface area contributed by atoms with Crippen LogP contribution in [0.4, 0.5) is 17.5 Å². The van der Waals surface area contributed by atoms with Crippen LogP contribution >= 0.6 is 0 Å². The van der Waals surface area contributed by atoms with Crippen molar-refractivity contribution in [2.24, 2.45) is 0 Å². The van der Waals surface area contributed by atoms with Gasteiger partial charge in [0.2, 0.25) is 5.95 Å². The Bertz CT molecular complexity index is 993. The molecular formula is C23H27N5O. The molecule has 1 aromatic heterocycles. The summed E-state index contributed by atoms with van der Waals surface area (Å²) in [6.45, 7) is 5.82. The summed E-state index contributed by atoms with van der Waals surface area (Å²) in [5.74, 6) is 2.87. The number of rotatable bonds is 4. The Kier molecular flexibility index (Phi) is 4.84. The highest BCUT2D eigenvalue weighted by molar-refractivity contribution is 5.90. The topological polar surface area (TPSA) is 44.7 Å². The molecule has 3 heterocycles. The first-order valence-electron chi connectivity index (χ1n) is 10.5. The van der Waals surface area contributed by atoms with Gasteiger partial charge in [-0.3, -0.25) is 0 Å². The Morgan fingerprint density at radius 2 is 1.41 bits per heavy atom. The Morgan fingerprint density at radius 1 is 0.724 bits per heavy atom. The van der Waals surface area contributed by atoms with Crippen LogP contribution in [0.2, 0.25) is 0 Å². The molecule has 150 valence electrons. The Balaban J connectivity index is 1.40. The minimum absolute atomic E-state index is 0.852. The Labute approximate surface area is 171 Å². The van der Waals surface area contributed by atoms with Gasteiger partial charge in [0.25, 0.3) is 0 Å². The number of hydrogen-bond acceptors (Lipinski definition) is 6. The molecule has 0 bridgehead atoms. The van der Waals surface area contributed by atoms with Gasteiger partial charge in [-0.25, -0.2) is 4.98 Å². The van der Waals surface area contributed by atoms with Gasteiger partial charge in [-0.2, -0.15) is 4.98 Å². The molecule has 0 amide bonds. The monoisotopic (exact) mass is 389 g/mol. The largest absolute Gasteiger partial charge is 0.495 e. The van der Waals surface area contributed by atoms with Gasteiger partial charge >= 0.3 is 0 Å². The van der Waals surface area contributed by atoms with Crippen LogP contribution in [0.5, 0.6) is 5.75 Å². The number of methoxy groups -OCH3 is 1. The average molecular weight is 390 g/mol. The Morgan fingerprint density at radius 3 is 2.21 bits per heavy atom. The van der Waals surface area contributed by atoms with Crippen LogP contribution in [0.25, 0.3) is 10.9 Å². The first-order chi connectivity index (χ1) is 14.3. The standard InChI is InChI=1S/C23H27N5O/c1-29-21-11-5-4-10-20(21)26-14-16-28(17-15-26)23-24-19-9-3-2-8-18(19)22(25-23)27-12-6-7-13-27/h2-5,8-11H,6-7,12-17H2,1H3. The molecule has 0 saturated carbocycles. The van der Waals surface area contributed by atoms with Crippen LogP contribution in [-0.4, -0.2) is 56.3 Å². The third kappa shape index (κ3) is 3.43. The summed E-state index contributed by atoms with van der Waals surface area (Å²) < 4.78 is 5.55. The molecule has 0 N–H and O–H groups in total. The zero-order valence-corrected chi connectivity index (χ0v) is 16.9. The molecule has 2 fully saturated rings. The van der Waals surface area contributed by atoms with Crippen LogP contribution in [-0.2, 0) is 0 Å². The molecule has 5 rings (SSSR count). The van der Waals surface area contributed by atoms with Crippen molar-refractivity contribution in [2.75, 3.05) is 61.1 Å². The van der Waals surface area contributed by atoms with Crippen molar-refractivity contribution in [1.29, 1.82) is 0 Å². The molecule has 6 heteroatoms. The van der Waals surface area contributed by atoms with Gasteiger partial charge in [0.1, 0.15) is 11.6 Å². The van der Waals surface area contributed by atoms with Crippen LogP contribution in [0.3, 0.4) is 0 Å². The maximum absolute atomic E-state index is 5.55. The molecule has 2 aromatic carbocycles. The molecule has 0 spiro atoms. The number of piperazine rings is 1. The van der Waals surface area contributed by atoms with E-state index in [-0.39, 0.29) is 0 Å². The predicted octanol–water partition coefficient (Wildman–Crippen LogP) is 3.57. The van der Waals surface area contributed by atoms with E-state index >= 15 is 0 Å². The van der Waals surface area contributed by atoms with Gasteiger partial charge in [-0.15, -0.1) is 0 Å². The molecule has 3 aromatic rings. The first kappa shape index (κ1) is 18.0. The molecule has 6 nitrogen and oxygen atoms in total. The lowest BCUT2D eigenvalue weighted by atomic mass is 10.2. The van der Waals surface area contributed by atoms with E-state index in [1.54, 1.807) is 7.11 Å². The second-order valence-corrected chi connectivity index (χ2v) is 7.70. The summed E-state index contributed by atoms with van der Waals surface area (Å²) in [7, 11) is 1.73. The molecule has 2 aliphatic heterocycles. The van der Waals surface area contributed by atoms with E-state index in [1.165, 1.54) is 12.8 Å². The third-order valence-corrected chi connectivity index (χ3v) is 5.97. The van der Waals surface area contributed by atoms with E-state index in [0.717, 1.165) is 73.4 Å². The second-order valence-electron chi connectivity index (χ2n) is 7.70.